The second kappa shape index (κ2) is 6.27. The maximum atomic E-state index is 14.4. The largest absolute Gasteiger partial charge is 0.299 e. The predicted octanol–water partition coefficient (Wildman–Crippen LogP) is 3.32. The molecule has 0 bridgehead atoms. The number of aryl methyl sites for hydroxylation is 1. The smallest absolute Gasteiger partial charge is 0.198 e. The van der Waals surface area contributed by atoms with E-state index in [1.807, 2.05) is 19.1 Å². The fraction of sp³-hybridized carbons (Fsp3) is 0.312. The van der Waals surface area contributed by atoms with Crippen LogP contribution in [0, 0.1) is 5.82 Å². The van der Waals surface area contributed by atoms with Crippen LogP contribution in [0.5, 0.6) is 0 Å². The van der Waals surface area contributed by atoms with Crippen LogP contribution in [0.4, 0.5) is 4.39 Å². The number of hydrogen-bond donors (Lipinski definition) is 0. The molecule has 0 radical (unpaired) electrons. The molecule has 1 saturated carbocycles. The standard InChI is InChI=1S/C16H15FN6S/c1-2-12-13(17)15(20-9-19-12)24-16-22-21-14(23(16)11-3-4-11)10-5-7-18-8-6-10/h5-9,11H,2-4H2,1H3. The van der Waals surface area contributed by atoms with Gasteiger partial charge in [0.15, 0.2) is 16.8 Å². The van der Waals surface area contributed by atoms with E-state index in [-0.39, 0.29) is 10.8 Å². The fourth-order valence-electron chi connectivity index (χ4n) is 2.50. The van der Waals surface area contributed by atoms with Crippen LogP contribution in [0.25, 0.3) is 11.4 Å². The molecule has 122 valence electrons. The van der Waals surface area contributed by atoms with Crippen LogP contribution >= 0.6 is 11.8 Å². The summed E-state index contributed by atoms with van der Waals surface area (Å²) in [6.45, 7) is 1.87. The van der Waals surface area contributed by atoms with Crippen molar-refractivity contribution in [1.82, 2.24) is 29.7 Å². The summed E-state index contributed by atoms with van der Waals surface area (Å²) >= 11 is 1.20. The van der Waals surface area contributed by atoms with Crippen LogP contribution in [0.3, 0.4) is 0 Å². The Morgan fingerprint density at radius 3 is 2.71 bits per heavy atom. The van der Waals surface area contributed by atoms with Gasteiger partial charge in [0, 0.05) is 24.0 Å². The lowest BCUT2D eigenvalue weighted by Gasteiger charge is -2.09. The molecule has 8 heteroatoms. The summed E-state index contributed by atoms with van der Waals surface area (Å²) in [4.78, 5) is 12.1. The minimum atomic E-state index is -0.374. The van der Waals surface area contributed by atoms with Crippen molar-refractivity contribution in [3.05, 3.63) is 42.4 Å². The zero-order valence-electron chi connectivity index (χ0n) is 13.1. The number of pyridine rings is 1. The summed E-state index contributed by atoms with van der Waals surface area (Å²) in [7, 11) is 0. The fourth-order valence-corrected chi connectivity index (χ4v) is 3.39. The Morgan fingerprint density at radius 1 is 1.21 bits per heavy atom. The van der Waals surface area contributed by atoms with Crippen molar-refractivity contribution in [2.24, 2.45) is 0 Å². The number of hydrogen-bond acceptors (Lipinski definition) is 6. The van der Waals surface area contributed by atoms with Crippen molar-refractivity contribution in [1.29, 1.82) is 0 Å². The summed E-state index contributed by atoms with van der Waals surface area (Å²) in [6, 6.07) is 4.16. The van der Waals surface area contributed by atoms with Crippen molar-refractivity contribution in [2.45, 2.75) is 42.4 Å². The molecule has 3 aromatic heterocycles. The first-order valence-corrected chi connectivity index (χ1v) is 8.62. The van der Waals surface area contributed by atoms with E-state index in [4.69, 9.17) is 0 Å². The van der Waals surface area contributed by atoms with Crippen LogP contribution in [0.15, 0.2) is 41.0 Å². The maximum Gasteiger partial charge on any atom is 0.198 e. The van der Waals surface area contributed by atoms with Gasteiger partial charge in [0.2, 0.25) is 0 Å². The highest BCUT2D eigenvalue weighted by Crippen LogP contribution is 2.42. The Morgan fingerprint density at radius 2 is 2.00 bits per heavy atom. The normalized spacial score (nSPS) is 14.1. The molecule has 0 spiro atoms. The van der Waals surface area contributed by atoms with Crippen LogP contribution in [-0.4, -0.2) is 29.7 Å². The van der Waals surface area contributed by atoms with Gasteiger partial charge >= 0.3 is 0 Å². The van der Waals surface area contributed by atoms with Gasteiger partial charge < -0.3 is 0 Å². The number of aromatic nitrogens is 6. The van der Waals surface area contributed by atoms with Crippen molar-refractivity contribution in [2.75, 3.05) is 0 Å². The van der Waals surface area contributed by atoms with Gasteiger partial charge in [0.05, 0.1) is 5.69 Å². The van der Waals surface area contributed by atoms with Crippen molar-refractivity contribution in [3.8, 4) is 11.4 Å². The third kappa shape index (κ3) is 2.77. The molecule has 0 aromatic carbocycles. The zero-order valence-corrected chi connectivity index (χ0v) is 13.9. The van der Waals surface area contributed by atoms with Gasteiger partial charge in [-0.2, -0.15) is 0 Å². The van der Waals surface area contributed by atoms with Gasteiger partial charge in [-0.05, 0) is 43.2 Å². The van der Waals surface area contributed by atoms with Gasteiger partial charge in [-0.15, -0.1) is 10.2 Å². The molecule has 4 rings (SSSR count). The van der Waals surface area contributed by atoms with Crippen LogP contribution < -0.4 is 0 Å². The highest BCUT2D eigenvalue weighted by Gasteiger charge is 2.31. The van der Waals surface area contributed by atoms with Gasteiger partial charge in [0.1, 0.15) is 11.4 Å². The molecule has 0 N–H and O–H groups in total. The van der Waals surface area contributed by atoms with Gasteiger partial charge in [-0.25, -0.2) is 14.4 Å². The zero-order chi connectivity index (χ0) is 16.5. The average molecular weight is 342 g/mol. The Kier molecular flexibility index (Phi) is 3.97. The quantitative estimate of drug-likeness (QED) is 0.663. The molecule has 0 unspecified atom stereocenters. The van der Waals surface area contributed by atoms with E-state index in [2.05, 4.69) is 29.7 Å². The highest BCUT2D eigenvalue weighted by atomic mass is 32.2. The molecule has 1 aliphatic carbocycles. The molecule has 1 fully saturated rings. The molecule has 24 heavy (non-hydrogen) atoms. The predicted molar refractivity (Wildman–Crippen MR) is 87.0 cm³/mol. The summed E-state index contributed by atoms with van der Waals surface area (Å²) < 4.78 is 16.5. The molecule has 3 aromatic rings. The van der Waals surface area contributed by atoms with Crippen molar-refractivity contribution in [3.63, 3.8) is 0 Å². The molecule has 3 heterocycles. The van der Waals surface area contributed by atoms with Crippen molar-refractivity contribution < 1.29 is 4.39 Å². The number of rotatable bonds is 5. The Hall–Kier alpha value is -2.35. The van der Waals surface area contributed by atoms with E-state index in [0.29, 0.717) is 23.3 Å². The summed E-state index contributed by atoms with van der Waals surface area (Å²) in [6.07, 6.45) is 7.54. The summed E-state index contributed by atoms with van der Waals surface area (Å²) in [5, 5.41) is 9.53. The Balaban J connectivity index is 1.73. The first kappa shape index (κ1) is 15.2. The van der Waals surface area contributed by atoms with Gasteiger partial charge in [-0.3, -0.25) is 9.55 Å². The molecule has 0 atom stereocenters. The summed E-state index contributed by atoms with van der Waals surface area (Å²) in [5.74, 6) is 0.411. The van der Waals surface area contributed by atoms with E-state index in [1.54, 1.807) is 12.4 Å². The Bertz CT molecular complexity index is 862. The maximum absolute atomic E-state index is 14.4. The monoisotopic (exact) mass is 342 g/mol. The molecule has 0 aliphatic heterocycles. The first-order chi connectivity index (χ1) is 11.8. The SMILES string of the molecule is CCc1ncnc(Sc2nnc(-c3ccncc3)n2C2CC2)c1F. The lowest BCUT2D eigenvalue weighted by Crippen LogP contribution is -2.02. The minimum Gasteiger partial charge on any atom is -0.299 e. The lowest BCUT2D eigenvalue weighted by atomic mass is 10.2. The van der Waals surface area contributed by atoms with Crippen LogP contribution in [0.1, 0.15) is 31.5 Å². The molecular weight excluding hydrogens is 327 g/mol. The van der Waals surface area contributed by atoms with Crippen LogP contribution in [0.2, 0.25) is 0 Å². The second-order valence-corrected chi connectivity index (χ2v) is 6.49. The third-order valence-corrected chi connectivity index (χ3v) is 4.81. The lowest BCUT2D eigenvalue weighted by molar-refractivity contribution is 0.558. The van der Waals surface area contributed by atoms with E-state index in [9.17, 15) is 4.39 Å². The molecule has 0 saturated heterocycles. The van der Waals surface area contributed by atoms with Crippen LogP contribution in [-0.2, 0) is 6.42 Å². The van der Waals surface area contributed by atoms with Crippen molar-refractivity contribution >= 4 is 11.8 Å². The van der Waals surface area contributed by atoms with E-state index < -0.39 is 0 Å². The molecule has 6 nitrogen and oxygen atoms in total. The molecular formula is C16H15FN6S. The number of halogens is 1. The molecule has 1 aliphatic rings. The van der Waals surface area contributed by atoms with E-state index >= 15 is 0 Å². The third-order valence-electron chi connectivity index (χ3n) is 3.87. The first-order valence-electron chi connectivity index (χ1n) is 7.80. The summed E-state index contributed by atoms with van der Waals surface area (Å²) in [5.41, 5.74) is 1.37. The topological polar surface area (TPSA) is 69.4 Å². The number of nitrogens with zero attached hydrogens (tertiary/aromatic N) is 6. The molecule has 0 amide bonds. The van der Waals surface area contributed by atoms with Gasteiger partial charge in [0.25, 0.3) is 0 Å². The second-order valence-electron chi connectivity index (χ2n) is 5.54. The minimum absolute atomic E-state index is 0.289. The average Bonchev–Trinajstić information content (AvgIpc) is 3.38. The van der Waals surface area contributed by atoms with E-state index in [0.717, 1.165) is 24.2 Å². The van der Waals surface area contributed by atoms with E-state index in [1.165, 1.54) is 18.1 Å². The Labute approximate surface area is 142 Å². The van der Waals surface area contributed by atoms with Gasteiger partial charge in [-0.1, -0.05) is 6.92 Å². The highest BCUT2D eigenvalue weighted by molar-refractivity contribution is 7.99.